The molecule has 0 saturated heterocycles. The zero-order chi connectivity index (χ0) is 21.5. The molecule has 0 unspecified atom stereocenters. The number of thiol groups is 2. The van der Waals surface area contributed by atoms with Gasteiger partial charge in [-0.3, -0.25) is 9.59 Å². The Balaban J connectivity index is -0.000000372. The zero-order valence-electron chi connectivity index (χ0n) is 16.1. The first-order valence-electron chi connectivity index (χ1n) is 8.83. The number of rotatable bonds is 12. The van der Waals surface area contributed by atoms with Gasteiger partial charge in [-0.25, -0.2) is 0 Å². The van der Waals surface area contributed by atoms with Gasteiger partial charge in [0.25, 0.3) is 0 Å². The molecule has 162 valence electrons. The van der Waals surface area contributed by atoms with Crippen LogP contribution in [0.25, 0.3) is 0 Å². The van der Waals surface area contributed by atoms with Crippen LogP contribution in [0.2, 0.25) is 0 Å². The molecule has 27 heavy (non-hydrogen) atoms. The summed E-state index contributed by atoms with van der Waals surface area (Å²) in [5.41, 5.74) is 11.0. The summed E-state index contributed by atoms with van der Waals surface area (Å²) in [6.07, 6.45) is 5.00. The molecule has 0 aliphatic rings. The number of carbonyl (C=O) groups is 2. The summed E-state index contributed by atoms with van der Waals surface area (Å²) >= 11 is 7.20. The quantitative estimate of drug-likeness (QED) is 0.200. The maximum Gasteiger partial charge on any atom is 0.335 e. The van der Waals surface area contributed by atoms with Crippen molar-refractivity contribution in [2.45, 2.75) is 64.5 Å². The van der Waals surface area contributed by atoms with Crippen molar-refractivity contribution in [1.82, 2.24) is 0 Å². The van der Waals surface area contributed by atoms with Gasteiger partial charge in [0, 0.05) is 0 Å². The molecule has 4 N–H and O–H groups in total. The molecule has 2 atom stereocenters. The number of hydrogen-bond donors (Lipinski definition) is 4. The molecule has 0 aromatic rings. The van der Waals surface area contributed by atoms with E-state index in [0.717, 1.165) is 25.7 Å². The van der Waals surface area contributed by atoms with E-state index >= 15 is 0 Å². The van der Waals surface area contributed by atoms with Crippen molar-refractivity contribution < 1.29 is 27.5 Å². The second-order valence-corrected chi connectivity index (χ2v) is 6.38. The van der Waals surface area contributed by atoms with Gasteiger partial charge in [-0.1, -0.05) is 26.7 Å². The second-order valence-electron chi connectivity index (χ2n) is 5.35. The van der Waals surface area contributed by atoms with Gasteiger partial charge in [-0.15, -0.1) is 0 Å². The zero-order valence-corrected chi connectivity index (χ0v) is 18.7. The summed E-state index contributed by atoms with van der Waals surface area (Å²) in [6, 6.07) is -1.00. The lowest BCUT2D eigenvalue weighted by Gasteiger charge is -2.09. The molecule has 11 heteroatoms. The highest BCUT2D eigenvalue weighted by Gasteiger charge is 2.13. The van der Waals surface area contributed by atoms with Crippen LogP contribution in [0.3, 0.4) is 0 Å². The topological polar surface area (TPSA) is 139 Å². The van der Waals surface area contributed by atoms with Crippen molar-refractivity contribution in [2.75, 3.05) is 24.7 Å². The van der Waals surface area contributed by atoms with E-state index in [2.05, 4.69) is 25.3 Å². The van der Waals surface area contributed by atoms with Crippen LogP contribution in [0.4, 0.5) is 0 Å². The van der Waals surface area contributed by atoms with Crippen molar-refractivity contribution >= 4 is 48.8 Å². The SMILES string of the molecule is CCCCOC(=O)[C@@H](N)CCS.CCCCOC(=O)[C@@H](N)CCS.O=S=O. The van der Waals surface area contributed by atoms with Gasteiger partial charge in [-0.2, -0.15) is 33.7 Å². The molecule has 0 rings (SSSR count). The highest BCUT2D eigenvalue weighted by Crippen LogP contribution is 1.97. The first-order chi connectivity index (χ1) is 12.9. The van der Waals surface area contributed by atoms with Crippen LogP contribution >= 0.6 is 25.3 Å². The van der Waals surface area contributed by atoms with Crippen LogP contribution in [-0.2, 0) is 30.6 Å². The maximum absolute atomic E-state index is 11.0. The number of nitrogens with two attached hydrogens (primary N) is 2. The van der Waals surface area contributed by atoms with Gasteiger partial charge < -0.3 is 20.9 Å². The minimum Gasteiger partial charge on any atom is -0.465 e. The number of esters is 2. The number of hydrogen-bond acceptors (Lipinski definition) is 10. The Morgan fingerprint density at radius 2 is 1.15 bits per heavy atom. The van der Waals surface area contributed by atoms with Gasteiger partial charge in [0.2, 0.25) is 0 Å². The van der Waals surface area contributed by atoms with E-state index in [9.17, 15) is 9.59 Å². The van der Waals surface area contributed by atoms with E-state index in [0.29, 0.717) is 37.6 Å². The Labute approximate surface area is 176 Å². The third-order valence-electron chi connectivity index (χ3n) is 2.97. The van der Waals surface area contributed by atoms with Gasteiger partial charge in [0.15, 0.2) is 0 Å². The first kappa shape index (κ1) is 31.1. The van der Waals surface area contributed by atoms with E-state index in [1.165, 1.54) is 0 Å². The normalized spacial score (nSPS) is 11.6. The van der Waals surface area contributed by atoms with Gasteiger partial charge in [0.05, 0.1) is 13.2 Å². The lowest BCUT2D eigenvalue weighted by atomic mass is 10.2. The van der Waals surface area contributed by atoms with Gasteiger partial charge in [0.1, 0.15) is 12.1 Å². The Hall–Kier alpha value is -0.620. The fraction of sp³-hybridized carbons (Fsp3) is 0.875. The third kappa shape index (κ3) is 25.4. The molecule has 0 amide bonds. The van der Waals surface area contributed by atoms with Crippen LogP contribution in [-0.4, -0.2) is 57.2 Å². The predicted octanol–water partition coefficient (Wildman–Crippen LogP) is 1.28. The van der Waals surface area contributed by atoms with Crippen LogP contribution in [0, 0.1) is 0 Å². The maximum atomic E-state index is 11.0. The lowest BCUT2D eigenvalue weighted by Crippen LogP contribution is -2.32. The molecule has 0 aliphatic heterocycles. The molecule has 0 bridgehead atoms. The van der Waals surface area contributed by atoms with Gasteiger partial charge in [-0.05, 0) is 37.2 Å². The van der Waals surface area contributed by atoms with Crippen molar-refractivity contribution in [1.29, 1.82) is 0 Å². The number of carbonyl (C=O) groups excluding carboxylic acids is 2. The van der Waals surface area contributed by atoms with Crippen molar-refractivity contribution in [3.63, 3.8) is 0 Å². The molecule has 0 radical (unpaired) electrons. The minimum atomic E-state index is -0.750. The second kappa shape index (κ2) is 25.4. The number of unbranched alkanes of at least 4 members (excludes halogenated alkanes) is 2. The fourth-order valence-corrected chi connectivity index (χ4v) is 1.92. The number of ether oxygens (including phenoxy) is 2. The largest absolute Gasteiger partial charge is 0.465 e. The minimum absolute atomic E-state index is 0.308. The van der Waals surface area contributed by atoms with E-state index in [1.54, 1.807) is 0 Å². The van der Waals surface area contributed by atoms with Crippen molar-refractivity contribution in [2.24, 2.45) is 11.5 Å². The van der Waals surface area contributed by atoms with Crippen molar-refractivity contribution in [3.05, 3.63) is 0 Å². The Bertz CT molecular complexity index is 366. The molecule has 0 saturated carbocycles. The molecule has 8 nitrogen and oxygen atoms in total. The molecule has 0 aliphatic carbocycles. The highest BCUT2D eigenvalue weighted by atomic mass is 32.1. The molecular formula is C16H34N2O6S3. The standard InChI is InChI=1S/2C8H17NO2S.O2S/c2*1-2-3-5-11-8(10)7(9)4-6-12;1-3-2/h2*7,12H,2-6,9H2,1H3;/t2*7-;/m00./s1. The van der Waals surface area contributed by atoms with E-state index < -0.39 is 23.7 Å². The summed E-state index contributed by atoms with van der Waals surface area (Å²) in [4.78, 5) is 22.1. The monoisotopic (exact) mass is 446 g/mol. The third-order valence-corrected chi connectivity index (χ3v) is 3.49. The summed E-state index contributed by atoms with van der Waals surface area (Å²) in [5, 5.41) is 0. The Morgan fingerprint density at radius 1 is 0.852 bits per heavy atom. The van der Waals surface area contributed by atoms with Gasteiger partial charge >= 0.3 is 23.5 Å². The van der Waals surface area contributed by atoms with Crippen LogP contribution in [0.15, 0.2) is 0 Å². The average molecular weight is 447 g/mol. The predicted molar refractivity (Wildman–Crippen MR) is 114 cm³/mol. The molecule has 0 heterocycles. The fourth-order valence-electron chi connectivity index (χ4n) is 1.36. The average Bonchev–Trinajstić information content (AvgIpc) is 2.63. The van der Waals surface area contributed by atoms with Crippen LogP contribution < -0.4 is 11.5 Å². The Kier molecular flexibility index (Phi) is 29.2. The molecule has 0 aromatic heterocycles. The lowest BCUT2D eigenvalue weighted by molar-refractivity contribution is -0.146. The first-order valence-corrected chi connectivity index (χ1v) is 10.8. The summed E-state index contributed by atoms with van der Waals surface area (Å²) in [6.45, 7) is 5.05. The molecule has 0 aromatic carbocycles. The van der Waals surface area contributed by atoms with E-state index in [4.69, 9.17) is 29.4 Å². The summed E-state index contributed by atoms with van der Waals surface area (Å²) in [5.74, 6) is 0.615. The smallest absolute Gasteiger partial charge is 0.335 e. The Morgan fingerprint density at radius 3 is 1.37 bits per heavy atom. The molecular weight excluding hydrogens is 412 g/mol. The summed E-state index contributed by atoms with van der Waals surface area (Å²) in [7, 11) is 0. The van der Waals surface area contributed by atoms with Crippen molar-refractivity contribution in [3.8, 4) is 0 Å². The van der Waals surface area contributed by atoms with Crippen LogP contribution in [0.1, 0.15) is 52.4 Å². The highest BCUT2D eigenvalue weighted by molar-refractivity contribution is 7.80. The summed E-state index contributed by atoms with van der Waals surface area (Å²) < 4.78 is 26.4. The molecule has 0 spiro atoms. The molecule has 0 fully saturated rings. The van der Waals surface area contributed by atoms with E-state index in [1.807, 2.05) is 13.8 Å². The van der Waals surface area contributed by atoms with Crippen LogP contribution in [0.5, 0.6) is 0 Å². The van der Waals surface area contributed by atoms with E-state index in [-0.39, 0.29) is 11.9 Å².